The smallest absolute Gasteiger partial charge is 0.211 e. The quantitative estimate of drug-likeness (QED) is 0.184. The molecule has 2 rings (SSSR count). The Kier molecular flexibility index (Phi) is 12.5. The number of piperidine rings is 1. The molecule has 30 heavy (non-hydrogen) atoms. The minimum atomic E-state index is -3.13. The maximum atomic E-state index is 11.4. The Morgan fingerprint density at radius 1 is 1.30 bits per heavy atom. The average Bonchev–Trinajstić information content (AvgIpc) is 2.70. The summed E-state index contributed by atoms with van der Waals surface area (Å²) in [5.41, 5.74) is 1.25. The van der Waals surface area contributed by atoms with E-state index in [1.54, 1.807) is 14.0 Å². The van der Waals surface area contributed by atoms with Gasteiger partial charge in [0.05, 0.1) is 5.75 Å². The van der Waals surface area contributed by atoms with Gasteiger partial charge in [-0.2, -0.15) is 0 Å². The van der Waals surface area contributed by atoms with Crippen LogP contribution in [-0.2, 0) is 10.0 Å². The molecule has 1 heterocycles. The largest absolute Gasteiger partial charge is 0.356 e. The summed E-state index contributed by atoms with van der Waals surface area (Å²) in [6.07, 6.45) is 3.01. The van der Waals surface area contributed by atoms with Crippen molar-refractivity contribution < 1.29 is 8.42 Å². The van der Waals surface area contributed by atoms with Gasteiger partial charge in [0.2, 0.25) is 10.0 Å². The van der Waals surface area contributed by atoms with Crippen LogP contribution in [0, 0.1) is 5.92 Å². The van der Waals surface area contributed by atoms with Gasteiger partial charge >= 0.3 is 0 Å². The molecule has 1 fully saturated rings. The number of hydrogen-bond donors (Lipinski definition) is 3. The van der Waals surface area contributed by atoms with E-state index < -0.39 is 10.0 Å². The molecule has 0 radical (unpaired) electrons. The molecule has 2 unspecified atom stereocenters. The van der Waals surface area contributed by atoms with E-state index in [1.807, 2.05) is 12.1 Å². The number of guanidine groups is 1. The van der Waals surface area contributed by atoms with E-state index in [-0.39, 0.29) is 29.7 Å². The Balaban J connectivity index is 0.00000450. The zero-order valence-electron chi connectivity index (χ0n) is 18.0. The number of benzene rings is 1. The van der Waals surface area contributed by atoms with Crippen molar-refractivity contribution in [2.45, 2.75) is 32.2 Å². The number of aliphatic imine (C=N–C) groups is 1. The highest BCUT2D eigenvalue weighted by Gasteiger charge is 2.30. The van der Waals surface area contributed by atoms with Crippen LogP contribution in [0.2, 0.25) is 5.02 Å². The molecule has 0 amide bonds. The lowest BCUT2D eigenvalue weighted by atomic mass is 9.85. The van der Waals surface area contributed by atoms with Crippen LogP contribution >= 0.6 is 35.6 Å². The van der Waals surface area contributed by atoms with Crippen LogP contribution in [0.25, 0.3) is 0 Å². The zero-order valence-corrected chi connectivity index (χ0v) is 21.9. The summed E-state index contributed by atoms with van der Waals surface area (Å²) in [5.74, 6) is 1.29. The van der Waals surface area contributed by atoms with Crippen molar-refractivity contribution in [2.75, 3.05) is 46.0 Å². The summed E-state index contributed by atoms with van der Waals surface area (Å²) >= 11 is 6.22. The van der Waals surface area contributed by atoms with Gasteiger partial charge < -0.3 is 10.6 Å². The summed E-state index contributed by atoms with van der Waals surface area (Å²) in [7, 11) is 0.786. The topological polar surface area (TPSA) is 85.8 Å². The molecule has 7 nitrogen and oxygen atoms in total. The highest BCUT2D eigenvalue weighted by atomic mass is 127. The predicted octanol–water partition coefficient (Wildman–Crippen LogP) is 2.84. The van der Waals surface area contributed by atoms with Gasteiger partial charge in [0.1, 0.15) is 0 Å². The fourth-order valence-electron chi connectivity index (χ4n) is 3.76. The second-order valence-corrected chi connectivity index (χ2v) is 9.95. The Morgan fingerprint density at radius 2 is 2.07 bits per heavy atom. The Hall–Kier alpha value is -0.620. The average molecular weight is 572 g/mol. The van der Waals surface area contributed by atoms with Gasteiger partial charge in [0, 0.05) is 37.7 Å². The predicted molar refractivity (Wildman–Crippen MR) is 136 cm³/mol. The normalized spacial score (nSPS) is 20.5. The molecule has 2 atom stereocenters. The SMILES string of the molecule is CCS(=O)(=O)NCCCNC(=NC)NCC1CCCN(C)C1c1cccc(Cl)c1.I. The Labute approximate surface area is 203 Å². The van der Waals surface area contributed by atoms with Crippen molar-refractivity contribution in [2.24, 2.45) is 10.9 Å². The van der Waals surface area contributed by atoms with Gasteiger partial charge in [0.25, 0.3) is 0 Å². The monoisotopic (exact) mass is 571 g/mol. The fraction of sp³-hybridized carbons (Fsp3) is 0.650. The van der Waals surface area contributed by atoms with E-state index in [0.29, 0.717) is 31.5 Å². The zero-order chi connectivity index (χ0) is 21.3. The lowest BCUT2D eigenvalue weighted by molar-refractivity contribution is 0.122. The van der Waals surface area contributed by atoms with Crippen LogP contribution in [0.15, 0.2) is 29.3 Å². The summed E-state index contributed by atoms with van der Waals surface area (Å²) in [4.78, 5) is 6.69. The molecule has 172 valence electrons. The first kappa shape index (κ1) is 27.4. The Bertz CT molecular complexity index is 778. The third-order valence-corrected chi connectivity index (χ3v) is 6.94. The first-order valence-electron chi connectivity index (χ1n) is 10.2. The van der Waals surface area contributed by atoms with Crippen molar-refractivity contribution in [3.8, 4) is 0 Å². The third-order valence-electron chi connectivity index (χ3n) is 5.30. The number of likely N-dealkylation sites (tertiary alicyclic amines) is 1. The molecule has 1 aromatic carbocycles. The van der Waals surface area contributed by atoms with E-state index in [0.717, 1.165) is 30.5 Å². The second kappa shape index (κ2) is 13.7. The van der Waals surface area contributed by atoms with Crippen molar-refractivity contribution in [3.05, 3.63) is 34.9 Å². The highest BCUT2D eigenvalue weighted by molar-refractivity contribution is 14.0. The van der Waals surface area contributed by atoms with Gasteiger partial charge in [-0.3, -0.25) is 9.89 Å². The lowest BCUT2D eigenvalue weighted by Gasteiger charge is -2.40. The van der Waals surface area contributed by atoms with E-state index in [4.69, 9.17) is 11.6 Å². The van der Waals surface area contributed by atoms with Crippen LogP contribution < -0.4 is 15.4 Å². The molecule has 3 N–H and O–H groups in total. The van der Waals surface area contributed by atoms with Crippen LogP contribution in [-0.4, -0.2) is 65.3 Å². The number of rotatable bonds is 9. The Morgan fingerprint density at radius 3 is 2.73 bits per heavy atom. The number of halogens is 2. The number of nitrogens with zero attached hydrogens (tertiary/aromatic N) is 2. The molecule has 1 aliphatic heterocycles. The molecule has 0 aliphatic carbocycles. The second-order valence-electron chi connectivity index (χ2n) is 7.41. The lowest BCUT2D eigenvalue weighted by Crippen LogP contribution is -2.45. The van der Waals surface area contributed by atoms with Gasteiger partial charge in [-0.1, -0.05) is 23.7 Å². The van der Waals surface area contributed by atoms with Crippen molar-refractivity contribution in [1.29, 1.82) is 0 Å². The molecule has 0 bridgehead atoms. The van der Waals surface area contributed by atoms with E-state index >= 15 is 0 Å². The molecule has 0 aromatic heterocycles. The summed E-state index contributed by atoms with van der Waals surface area (Å²) in [6, 6.07) is 8.45. The highest BCUT2D eigenvalue weighted by Crippen LogP contribution is 2.35. The minimum Gasteiger partial charge on any atom is -0.356 e. The number of nitrogens with one attached hydrogen (secondary N) is 3. The summed E-state index contributed by atoms with van der Waals surface area (Å²) < 4.78 is 25.5. The maximum absolute atomic E-state index is 11.4. The third kappa shape index (κ3) is 8.86. The first-order chi connectivity index (χ1) is 13.9. The van der Waals surface area contributed by atoms with Gasteiger partial charge in [-0.25, -0.2) is 13.1 Å². The standard InChI is InChI=1S/C20H34ClN5O2S.HI/c1-4-29(27,28)25-12-7-11-23-20(22-2)24-15-17-9-6-13-26(3)19(17)16-8-5-10-18(21)14-16;/h5,8,10,14,17,19,25H,4,6-7,9,11-13,15H2,1-3H3,(H2,22,23,24);1H. The molecule has 0 saturated carbocycles. The minimum absolute atomic E-state index is 0. The molecule has 10 heteroatoms. The van der Waals surface area contributed by atoms with Crippen molar-refractivity contribution in [3.63, 3.8) is 0 Å². The van der Waals surface area contributed by atoms with Gasteiger partial charge in [-0.05, 0) is 63.4 Å². The first-order valence-corrected chi connectivity index (χ1v) is 12.3. The summed E-state index contributed by atoms with van der Waals surface area (Å²) in [5, 5.41) is 7.46. The van der Waals surface area contributed by atoms with Gasteiger partial charge in [0.15, 0.2) is 5.96 Å². The molecular formula is C20H35ClIN5O2S. The molecule has 1 saturated heterocycles. The van der Waals surface area contributed by atoms with Crippen LogP contribution in [0.5, 0.6) is 0 Å². The fourth-order valence-corrected chi connectivity index (χ4v) is 4.62. The molecule has 1 aromatic rings. The number of hydrogen-bond acceptors (Lipinski definition) is 4. The van der Waals surface area contributed by atoms with E-state index in [2.05, 4.69) is 44.4 Å². The van der Waals surface area contributed by atoms with Crippen LogP contribution in [0.3, 0.4) is 0 Å². The molecule has 0 spiro atoms. The van der Waals surface area contributed by atoms with Crippen LogP contribution in [0.4, 0.5) is 0 Å². The number of sulfonamides is 1. The van der Waals surface area contributed by atoms with Crippen molar-refractivity contribution in [1.82, 2.24) is 20.3 Å². The molecule has 1 aliphatic rings. The van der Waals surface area contributed by atoms with E-state index in [9.17, 15) is 8.42 Å². The van der Waals surface area contributed by atoms with Gasteiger partial charge in [-0.15, -0.1) is 24.0 Å². The van der Waals surface area contributed by atoms with Crippen molar-refractivity contribution >= 4 is 51.6 Å². The van der Waals surface area contributed by atoms with Crippen LogP contribution in [0.1, 0.15) is 37.8 Å². The maximum Gasteiger partial charge on any atom is 0.211 e. The molecular weight excluding hydrogens is 537 g/mol. The van der Waals surface area contributed by atoms with E-state index in [1.165, 1.54) is 12.0 Å². The summed E-state index contributed by atoms with van der Waals surface area (Å²) in [6.45, 7) is 4.59.